The monoisotopic (exact) mass is 372 g/mol. The molecule has 1 aromatic carbocycles. The van der Waals surface area contributed by atoms with Crippen molar-refractivity contribution in [2.75, 3.05) is 5.32 Å². The number of hydrogen-bond acceptors (Lipinski definition) is 3. The molecule has 1 N–H and O–H groups in total. The summed E-state index contributed by atoms with van der Waals surface area (Å²) >= 11 is 0. The van der Waals surface area contributed by atoms with Crippen LogP contribution in [0.2, 0.25) is 0 Å². The smallest absolute Gasteiger partial charge is 0.247 e. The van der Waals surface area contributed by atoms with E-state index >= 15 is 0 Å². The topological polar surface area (TPSA) is 59.8 Å². The summed E-state index contributed by atoms with van der Waals surface area (Å²) in [6, 6.07) is 12.7. The van der Waals surface area contributed by atoms with Crippen LogP contribution in [0.5, 0.6) is 0 Å². The van der Waals surface area contributed by atoms with E-state index in [1.54, 1.807) is 12.3 Å². The Balaban J connectivity index is 1.82. The van der Waals surface area contributed by atoms with E-state index < -0.39 is 5.95 Å². The highest BCUT2D eigenvalue weighted by Crippen LogP contribution is 2.32. The Labute approximate surface area is 161 Å². The van der Waals surface area contributed by atoms with Gasteiger partial charge in [-0.15, -0.1) is 0 Å². The fourth-order valence-electron chi connectivity index (χ4n) is 3.19. The number of benzene rings is 1. The average molecular weight is 372 g/mol. The first-order valence-corrected chi connectivity index (χ1v) is 8.66. The molecule has 138 valence electrons. The molecule has 0 aliphatic heterocycles. The Bertz CT molecular complexity index is 1210. The Hall–Kier alpha value is -3.80. The number of hydrogen-bond donors (Lipinski definition) is 1. The molecule has 0 spiro atoms. The van der Waals surface area contributed by atoms with E-state index in [2.05, 4.69) is 21.9 Å². The number of nitrogens with one attached hydrogen (secondary N) is 1. The van der Waals surface area contributed by atoms with Crippen LogP contribution >= 0.6 is 0 Å². The Morgan fingerprint density at radius 2 is 2.00 bits per heavy atom. The summed E-state index contributed by atoms with van der Waals surface area (Å²) in [6.07, 6.45) is 6.39. The molecule has 0 fully saturated rings. The number of anilines is 1. The second-order valence-corrected chi connectivity index (χ2v) is 6.39. The van der Waals surface area contributed by atoms with Gasteiger partial charge in [-0.05, 0) is 41.5 Å². The van der Waals surface area contributed by atoms with Gasteiger partial charge in [0.05, 0.1) is 0 Å². The van der Waals surface area contributed by atoms with Gasteiger partial charge >= 0.3 is 0 Å². The summed E-state index contributed by atoms with van der Waals surface area (Å²) in [4.78, 5) is 19.8. The summed E-state index contributed by atoms with van der Waals surface area (Å²) < 4.78 is 15.5. The first kappa shape index (κ1) is 17.6. The predicted molar refractivity (Wildman–Crippen MR) is 108 cm³/mol. The lowest BCUT2D eigenvalue weighted by Crippen LogP contribution is -2.06. The lowest BCUT2D eigenvalue weighted by molar-refractivity contribution is -0.111. The van der Waals surface area contributed by atoms with Gasteiger partial charge in [-0.2, -0.15) is 4.39 Å². The van der Waals surface area contributed by atoms with Crippen molar-refractivity contribution in [2.45, 2.75) is 0 Å². The number of halogens is 1. The third-order valence-electron chi connectivity index (χ3n) is 4.50. The van der Waals surface area contributed by atoms with Crippen molar-refractivity contribution in [3.05, 3.63) is 79.7 Å². The molecule has 6 heteroatoms. The molecular formula is C22H17FN4O. The minimum atomic E-state index is -0.524. The molecule has 0 saturated carbocycles. The van der Waals surface area contributed by atoms with Gasteiger partial charge in [0.25, 0.3) is 0 Å². The number of fused-ring (bicyclic) bond motifs is 1. The van der Waals surface area contributed by atoms with Crippen molar-refractivity contribution < 1.29 is 9.18 Å². The van der Waals surface area contributed by atoms with Crippen LogP contribution in [-0.2, 0) is 11.8 Å². The minimum absolute atomic E-state index is 0.268. The van der Waals surface area contributed by atoms with E-state index in [1.807, 2.05) is 48.1 Å². The number of rotatable bonds is 4. The van der Waals surface area contributed by atoms with Crippen molar-refractivity contribution in [1.29, 1.82) is 0 Å². The zero-order valence-corrected chi connectivity index (χ0v) is 15.2. The van der Waals surface area contributed by atoms with Crippen LogP contribution in [-0.4, -0.2) is 20.4 Å². The van der Waals surface area contributed by atoms with Gasteiger partial charge in [0.1, 0.15) is 5.65 Å². The van der Waals surface area contributed by atoms with E-state index in [0.717, 1.165) is 33.3 Å². The molecular weight excluding hydrogens is 355 g/mol. The maximum atomic E-state index is 13.6. The minimum Gasteiger partial charge on any atom is -0.335 e. The molecule has 1 amide bonds. The third-order valence-corrected chi connectivity index (χ3v) is 4.50. The van der Waals surface area contributed by atoms with Gasteiger partial charge in [-0.25, -0.2) is 9.97 Å². The Kier molecular flexibility index (Phi) is 4.45. The number of aromatic nitrogens is 3. The van der Waals surface area contributed by atoms with E-state index in [9.17, 15) is 9.18 Å². The predicted octanol–water partition coefficient (Wildman–Crippen LogP) is 4.57. The zero-order valence-electron chi connectivity index (χ0n) is 15.2. The van der Waals surface area contributed by atoms with Crippen LogP contribution in [0.4, 0.5) is 10.1 Å². The van der Waals surface area contributed by atoms with Gasteiger partial charge < -0.3 is 9.88 Å². The molecule has 0 unspecified atom stereocenters. The highest BCUT2D eigenvalue weighted by Gasteiger charge is 2.12. The van der Waals surface area contributed by atoms with Crippen molar-refractivity contribution in [3.8, 4) is 22.3 Å². The van der Waals surface area contributed by atoms with Crippen LogP contribution in [0.3, 0.4) is 0 Å². The second kappa shape index (κ2) is 7.08. The van der Waals surface area contributed by atoms with E-state index in [4.69, 9.17) is 0 Å². The van der Waals surface area contributed by atoms with Gasteiger partial charge in [-0.3, -0.25) is 4.79 Å². The van der Waals surface area contributed by atoms with Crippen LogP contribution in [0.15, 0.2) is 73.7 Å². The number of pyridine rings is 2. The molecule has 28 heavy (non-hydrogen) atoms. The lowest BCUT2D eigenvalue weighted by atomic mass is 10.0. The molecule has 3 heterocycles. The summed E-state index contributed by atoms with van der Waals surface area (Å²) in [5.41, 5.74) is 4.89. The summed E-state index contributed by atoms with van der Waals surface area (Å²) in [7, 11) is 1.90. The van der Waals surface area contributed by atoms with E-state index in [1.165, 1.54) is 18.3 Å². The molecule has 4 rings (SSSR count). The van der Waals surface area contributed by atoms with E-state index in [0.29, 0.717) is 5.69 Å². The molecule has 0 saturated heterocycles. The number of aryl methyl sites for hydroxylation is 1. The van der Waals surface area contributed by atoms with Crippen molar-refractivity contribution in [2.24, 2.45) is 7.05 Å². The van der Waals surface area contributed by atoms with Gasteiger partial charge in [0.15, 0.2) is 0 Å². The maximum Gasteiger partial charge on any atom is 0.247 e. The van der Waals surface area contributed by atoms with Gasteiger partial charge in [0, 0.05) is 53.9 Å². The molecule has 0 atom stereocenters. The normalized spacial score (nSPS) is 10.8. The summed E-state index contributed by atoms with van der Waals surface area (Å²) in [6.45, 7) is 3.46. The standard InChI is InChI=1S/C22H17FN4O/c1-3-21(28)26-17-6-4-5-14(9-17)16-10-18-19(13-27(2)22(18)25-12-16)15-7-8-24-20(23)11-15/h3-13H,1H2,2H3,(H,26,28). The lowest BCUT2D eigenvalue weighted by Gasteiger charge is -2.07. The molecule has 3 aromatic heterocycles. The molecule has 4 aromatic rings. The number of nitrogens with zero attached hydrogens (tertiary/aromatic N) is 3. The largest absolute Gasteiger partial charge is 0.335 e. The van der Waals surface area contributed by atoms with Crippen LogP contribution in [0.1, 0.15) is 0 Å². The Morgan fingerprint density at radius 1 is 1.14 bits per heavy atom. The van der Waals surface area contributed by atoms with Crippen LogP contribution in [0, 0.1) is 5.95 Å². The number of amides is 1. The molecule has 0 radical (unpaired) electrons. The maximum absolute atomic E-state index is 13.6. The summed E-state index contributed by atoms with van der Waals surface area (Å²) in [5.74, 6) is -0.792. The van der Waals surface area contributed by atoms with Crippen LogP contribution < -0.4 is 5.32 Å². The molecule has 0 aliphatic carbocycles. The quantitative estimate of drug-likeness (QED) is 0.422. The number of carbonyl (C=O) groups excluding carboxylic acids is 1. The zero-order chi connectivity index (χ0) is 19.7. The first-order chi connectivity index (χ1) is 13.5. The first-order valence-electron chi connectivity index (χ1n) is 8.66. The molecule has 0 aliphatic rings. The number of carbonyl (C=O) groups is 1. The van der Waals surface area contributed by atoms with Gasteiger partial charge in [0.2, 0.25) is 11.9 Å². The van der Waals surface area contributed by atoms with Crippen molar-refractivity contribution in [1.82, 2.24) is 14.5 Å². The SMILES string of the molecule is C=CC(=O)Nc1cccc(-c2cnc3c(c2)c(-c2ccnc(F)c2)cn3C)c1. The third kappa shape index (κ3) is 3.27. The van der Waals surface area contributed by atoms with Crippen molar-refractivity contribution in [3.63, 3.8) is 0 Å². The second-order valence-electron chi connectivity index (χ2n) is 6.39. The summed E-state index contributed by atoms with van der Waals surface area (Å²) in [5, 5.41) is 3.66. The molecule has 0 bridgehead atoms. The Morgan fingerprint density at radius 3 is 2.79 bits per heavy atom. The fraction of sp³-hybridized carbons (Fsp3) is 0.0455. The van der Waals surface area contributed by atoms with Crippen molar-refractivity contribution >= 4 is 22.6 Å². The van der Waals surface area contributed by atoms with Gasteiger partial charge in [-0.1, -0.05) is 18.7 Å². The highest BCUT2D eigenvalue weighted by atomic mass is 19.1. The average Bonchev–Trinajstić information content (AvgIpc) is 3.04. The fourth-order valence-corrected chi connectivity index (χ4v) is 3.19. The molecule has 5 nitrogen and oxygen atoms in total. The van der Waals surface area contributed by atoms with Crippen LogP contribution in [0.25, 0.3) is 33.3 Å². The highest BCUT2D eigenvalue weighted by molar-refractivity contribution is 5.99. The van der Waals surface area contributed by atoms with E-state index in [-0.39, 0.29) is 5.91 Å².